The predicted molar refractivity (Wildman–Crippen MR) is 143 cm³/mol. The summed E-state index contributed by atoms with van der Waals surface area (Å²) >= 11 is 0. The first-order valence-electron chi connectivity index (χ1n) is 13.3. The number of hydrogen-bond acceptors (Lipinski definition) is 10. The number of carbonyl (C=O) groups is 4. The SMILES string of the molecule is CCC(C)COC(=O)Oc1ccc(C(C(C)COC(=O)C(C)C)[C@H](N)C(=O)O)cc1OC(=O)OCC(C)CC. The second-order valence-electron chi connectivity index (χ2n) is 10.2. The van der Waals surface area contributed by atoms with Crippen molar-refractivity contribution in [3.63, 3.8) is 0 Å². The molecule has 5 atom stereocenters. The van der Waals surface area contributed by atoms with Gasteiger partial charge >= 0.3 is 24.2 Å². The number of carboxylic acids is 1. The van der Waals surface area contributed by atoms with Gasteiger partial charge in [-0.2, -0.15) is 0 Å². The van der Waals surface area contributed by atoms with E-state index in [2.05, 4.69) is 0 Å². The Labute approximate surface area is 230 Å². The van der Waals surface area contributed by atoms with E-state index in [0.29, 0.717) is 5.56 Å². The molecule has 0 fully saturated rings. The van der Waals surface area contributed by atoms with E-state index in [-0.39, 0.29) is 49.1 Å². The number of carbonyl (C=O) groups excluding carboxylic acids is 3. The van der Waals surface area contributed by atoms with E-state index in [1.807, 2.05) is 27.7 Å². The third-order valence-electron chi connectivity index (χ3n) is 6.35. The van der Waals surface area contributed by atoms with Crippen LogP contribution < -0.4 is 15.2 Å². The third kappa shape index (κ3) is 11.5. The topological polar surface area (TPSA) is 161 Å². The molecule has 11 heteroatoms. The smallest absolute Gasteiger partial charge is 0.480 e. The first kappa shape index (κ1) is 33.7. The van der Waals surface area contributed by atoms with Gasteiger partial charge in [0.15, 0.2) is 11.5 Å². The Morgan fingerprint density at radius 1 is 0.795 bits per heavy atom. The zero-order valence-corrected chi connectivity index (χ0v) is 23.9. The zero-order valence-electron chi connectivity index (χ0n) is 23.9. The minimum absolute atomic E-state index is 0.0873. The van der Waals surface area contributed by atoms with Gasteiger partial charge in [-0.3, -0.25) is 9.59 Å². The molecule has 0 bridgehead atoms. The summed E-state index contributed by atoms with van der Waals surface area (Å²) in [5.41, 5.74) is 6.39. The summed E-state index contributed by atoms with van der Waals surface area (Å²) in [4.78, 5) is 48.5. The first-order valence-corrected chi connectivity index (χ1v) is 13.3. The number of nitrogens with two attached hydrogens (primary N) is 1. The van der Waals surface area contributed by atoms with Gasteiger partial charge in [-0.1, -0.05) is 67.4 Å². The van der Waals surface area contributed by atoms with Crippen molar-refractivity contribution in [2.75, 3.05) is 19.8 Å². The fourth-order valence-electron chi connectivity index (χ4n) is 3.32. The molecular formula is C28H43NO10. The largest absolute Gasteiger partial charge is 0.513 e. The van der Waals surface area contributed by atoms with Gasteiger partial charge in [0, 0.05) is 5.92 Å². The van der Waals surface area contributed by atoms with Crippen LogP contribution in [0.25, 0.3) is 0 Å². The zero-order chi connectivity index (χ0) is 29.7. The van der Waals surface area contributed by atoms with Gasteiger partial charge in [0.05, 0.1) is 25.7 Å². The molecule has 1 rings (SSSR count). The molecule has 0 radical (unpaired) electrons. The Hall–Kier alpha value is -3.34. The van der Waals surface area contributed by atoms with Crippen LogP contribution in [0.2, 0.25) is 0 Å². The maximum atomic E-state index is 12.4. The highest BCUT2D eigenvalue weighted by molar-refractivity contribution is 5.75. The summed E-state index contributed by atoms with van der Waals surface area (Å²) < 4.78 is 26.3. The van der Waals surface area contributed by atoms with Crippen molar-refractivity contribution in [3.05, 3.63) is 23.8 Å². The van der Waals surface area contributed by atoms with Crippen LogP contribution in [0.4, 0.5) is 9.59 Å². The lowest BCUT2D eigenvalue weighted by atomic mass is 9.82. The summed E-state index contributed by atoms with van der Waals surface area (Å²) in [7, 11) is 0. The van der Waals surface area contributed by atoms with Crippen LogP contribution in [0.3, 0.4) is 0 Å². The van der Waals surface area contributed by atoms with Crippen LogP contribution in [-0.4, -0.2) is 55.2 Å². The molecule has 1 aromatic rings. The molecular weight excluding hydrogens is 510 g/mol. The fourth-order valence-corrected chi connectivity index (χ4v) is 3.32. The van der Waals surface area contributed by atoms with Crippen molar-refractivity contribution in [2.45, 2.75) is 73.3 Å². The molecule has 0 spiro atoms. The minimum Gasteiger partial charge on any atom is -0.480 e. The molecule has 0 aliphatic carbocycles. The predicted octanol–water partition coefficient (Wildman–Crippen LogP) is 5.14. The van der Waals surface area contributed by atoms with Crippen molar-refractivity contribution < 1.29 is 48.0 Å². The van der Waals surface area contributed by atoms with Crippen LogP contribution in [0.15, 0.2) is 18.2 Å². The van der Waals surface area contributed by atoms with Crippen molar-refractivity contribution >= 4 is 24.2 Å². The fraction of sp³-hybridized carbons (Fsp3) is 0.643. The highest BCUT2D eigenvalue weighted by Gasteiger charge is 2.33. The second-order valence-corrected chi connectivity index (χ2v) is 10.2. The van der Waals surface area contributed by atoms with Crippen LogP contribution in [0, 0.1) is 23.7 Å². The van der Waals surface area contributed by atoms with Gasteiger partial charge in [0.2, 0.25) is 0 Å². The number of hydrogen-bond donors (Lipinski definition) is 2. The number of esters is 1. The minimum atomic E-state index is -1.38. The molecule has 39 heavy (non-hydrogen) atoms. The molecule has 0 amide bonds. The molecule has 0 saturated heterocycles. The summed E-state index contributed by atoms with van der Waals surface area (Å²) in [6, 6.07) is 2.83. The van der Waals surface area contributed by atoms with Crippen molar-refractivity contribution in [1.29, 1.82) is 0 Å². The van der Waals surface area contributed by atoms with Gasteiger partial charge < -0.3 is 34.5 Å². The number of rotatable bonds is 15. The normalized spacial score (nSPS) is 14.9. The summed E-state index contributed by atoms with van der Waals surface area (Å²) in [6.45, 7) is 13.0. The summed E-state index contributed by atoms with van der Waals surface area (Å²) in [5.74, 6) is -3.54. The molecule has 0 aliphatic rings. The van der Waals surface area contributed by atoms with E-state index in [1.54, 1.807) is 20.8 Å². The Morgan fingerprint density at radius 2 is 1.31 bits per heavy atom. The van der Waals surface area contributed by atoms with E-state index in [1.165, 1.54) is 18.2 Å². The molecule has 220 valence electrons. The van der Waals surface area contributed by atoms with Crippen LogP contribution in [-0.2, 0) is 23.8 Å². The van der Waals surface area contributed by atoms with E-state index < -0.39 is 42.1 Å². The maximum absolute atomic E-state index is 12.4. The Balaban J connectivity index is 3.33. The van der Waals surface area contributed by atoms with E-state index in [0.717, 1.165) is 12.8 Å². The molecule has 0 aliphatic heterocycles. The number of benzene rings is 1. The van der Waals surface area contributed by atoms with Gasteiger partial charge in [-0.05, 0) is 35.4 Å². The molecule has 0 aromatic heterocycles. The number of aliphatic carboxylic acids is 1. The van der Waals surface area contributed by atoms with E-state index >= 15 is 0 Å². The monoisotopic (exact) mass is 553 g/mol. The molecule has 11 nitrogen and oxygen atoms in total. The highest BCUT2D eigenvalue weighted by Crippen LogP contribution is 2.36. The Bertz CT molecular complexity index is 964. The maximum Gasteiger partial charge on any atom is 0.513 e. The Morgan fingerprint density at radius 3 is 1.77 bits per heavy atom. The molecule has 4 unspecified atom stereocenters. The standard InChI is InChI=1S/C28H43NO10/c1-8-17(5)13-36-27(33)38-21-11-10-20(12-22(21)39-28(34)37-14-18(6)9-2)23(24(29)25(30)31)19(7)15-35-26(32)16(3)4/h10-12,16-19,23-24H,8-9,13-15,29H2,1-7H3,(H,30,31)/t17?,18?,19?,23?,24-/m0/s1. The van der Waals surface area contributed by atoms with Crippen LogP contribution >= 0.6 is 0 Å². The lowest BCUT2D eigenvalue weighted by Gasteiger charge is -2.28. The van der Waals surface area contributed by atoms with Crippen molar-refractivity contribution in [3.8, 4) is 11.5 Å². The average molecular weight is 554 g/mol. The second kappa shape index (κ2) is 16.6. The molecule has 1 aromatic carbocycles. The molecule has 3 N–H and O–H groups in total. The third-order valence-corrected chi connectivity index (χ3v) is 6.35. The molecule has 0 saturated carbocycles. The number of ether oxygens (including phenoxy) is 5. The first-order chi connectivity index (χ1) is 18.3. The van der Waals surface area contributed by atoms with E-state index in [9.17, 15) is 24.3 Å². The molecule has 0 heterocycles. The average Bonchev–Trinajstić information content (AvgIpc) is 2.89. The quantitative estimate of drug-likeness (QED) is 0.168. The summed E-state index contributed by atoms with van der Waals surface area (Å²) in [5, 5.41) is 9.66. The van der Waals surface area contributed by atoms with Gasteiger partial charge in [-0.15, -0.1) is 0 Å². The van der Waals surface area contributed by atoms with E-state index in [4.69, 9.17) is 29.4 Å². The van der Waals surface area contributed by atoms with Gasteiger partial charge in [0.1, 0.15) is 6.04 Å². The van der Waals surface area contributed by atoms with Crippen molar-refractivity contribution in [2.24, 2.45) is 29.4 Å². The van der Waals surface area contributed by atoms with Gasteiger partial charge in [0.25, 0.3) is 0 Å². The summed E-state index contributed by atoms with van der Waals surface area (Å²) in [6.07, 6.45) is -0.432. The lowest BCUT2D eigenvalue weighted by Crippen LogP contribution is -2.40. The lowest BCUT2D eigenvalue weighted by molar-refractivity contribution is -0.149. The Kier molecular flexibility index (Phi) is 14.3. The number of carboxylic acid groups (broad SMARTS) is 1. The highest BCUT2D eigenvalue weighted by atomic mass is 16.7. The van der Waals surface area contributed by atoms with Crippen molar-refractivity contribution in [1.82, 2.24) is 0 Å². The van der Waals surface area contributed by atoms with Gasteiger partial charge in [-0.25, -0.2) is 9.59 Å². The van der Waals surface area contributed by atoms with Crippen LogP contribution in [0.1, 0.15) is 72.8 Å². The van der Waals surface area contributed by atoms with Crippen LogP contribution in [0.5, 0.6) is 11.5 Å².